The van der Waals surface area contributed by atoms with Crippen molar-refractivity contribution >= 4 is 5.97 Å². The molecule has 0 aromatic heterocycles. The number of rotatable bonds is 3. The Morgan fingerprint density at radius 1 is 1.33 bits per heavy atom. The van der Waals surface area contributed by atoms with Gasteiger partial charge in [-0.15, -0.1) is 0 Å². The van der Waals surface area contributed by atoms with Crippen LogP contribution in [0.15, 0.2) is 18.2 Å². The Balaban J connectivity index is 2.53. The molecule has 0 radical (unpaired) electrons. The molecule has 1 atom stereocenters. The fourth-order valence-corrected chi connectivity index (χ4v) is 2.46. The number of aliphatic carboxylic acids is 1. The first-order valence-corrected chi connectivity index (χ1v) is 5.91. The van der Waals surface area contributed by atoms with E-state index in [2.05, 4.69) is 0 Å². The molecule has 0 saturated carbocycles. The van der Waals surface area contributed by atoms with Crippen LogP contribution in [0.4, 0.5) is 8.78 Å². The number of carboxylic acids is 1. The monoisotopic (exact) mass is 255 g/mol. The van der Waals surface area contributed by atoms with Gasteiger partial charge in [-0.3, -0.25) is 4.90 Å². The van der Waals surface area contributed by atoms with Gasteiger partial charge in [0.2, 0.25) is 0 Å². The van der Waals surface area contributed by atoms with Crippen LogP contribution in [0.25, 0.3) is 0 Å². The number of hydrogen-bond acceptors (Lipinski definition) is 2. The number of nitrogens with zero attached hydrogens (tertiary/aromatic N) is 1. The molecule has 1 heterocycles. The summed E-state index contributed by atoms with van der Waals surface area (Å²) in [5.41, 5.74) is -1.63. The summed E-state index contributed by atoms with van der Waals surface area (Å²) in [6, 6.07) is 3.67. The van der Waals surface area contributed by atoms with Gasteiger partial charge >= 0.3 is 5.97 Å². The highest BCUT2D eigenvalue weighted by molar-refractivity contribution is 5.80. The van der Waals surface area contributed by atoms with Crippen LogP contribution in [0.1, 0.15) is 25.3 Å². The average molecular weight is 255 g/mol. The third-order valence-corrected chi connectivity index (χ3v) is 3.63. The van der Waals surface area contributed by atoms with E-state index in [0.717, 1.165) is 18.9 Å². The minimum absolute atomic E-state index is 0.114. The molecule has 1 aliphatic heterocycles. The van der Waals surface area contributed by atoms with Gasteiger partial charge in [-0.25, -0.2) is 13.6 Å². The van der Waals surface area contributed by atoms with Crippen molar-refractivity contribution in [3.05, 3.63) is 35.4 Å². The van der Waals surface area contributed by atoms with E-state index < -0.39 is 23.1 Å². The SMILES string of the molecule is CC(C(=O)O)(c1cccc(F)c1F)N1CCCC1. The van der Waals surface area contributed by atoms with E-state index in [1.165, 1.54) is 19.1 Å². The molecule has 1 aliphatic rings. The molecule has 1 N–H and O–H groups in total. The highest BCUT2D eigenvalue weighted by Gasteiger charge is 2.44. The molecule has 3 nitrogen and oxygen atoms in total. The number of likely N-dealkylation sites (tertiary alicyclic amines) is 1. The van der Waals surface area contributed by atoms with E-state index in [0.29, 0.717) is 13.1 Å². The summed E-state index contributed by atoms with van der Waals surface area (Å²) in [5, 5.41) is 9.43. The highest BCUT2D eigenvalue weighted by Crippen LogP contribution is 2.34. The first kappa shape index (κ1) is 13.0. The normalized spacial score (nSPS) is 19.7. The van der Waals surface area contributed by atoms with E-state index in [9.17, 15) is 18.7 Å². The van der Waals surface area contributed by atoms with Crippen LogP contribution < -0.4 is 0 Å². The quantitative estimate of drug-likeness (QED) is 0.901. The van der Waals surface area contributed by atoms with Crippen molar-refractivity contribution in [3.63, 3.8) is 0 Å². The molecule has 5 heteroatoms. The van der Waals surface area contributed by atoms with Gasteiger partial charge in [0, 0.05) is 5.56 Å². The van der Waals surface area contributed by atoms with Gasteiger partial charge in [0.1, 0.15) is 5.54 Å². The molecule has 0 amide bonds. The predicted molar refractivity (Wildman–Crippen MR) is 62.2 cm³/mol. The fraction of sp³-hybridized carbons (Fsp3) is 0.462. The standard InChI is InChI=1S/C13H15F2NO2/c1-13(12(17)18,16-7-2-3-8-16)9-5-4-6-10(14)11(9)15/h4-6H,2-3,7-8H2,1H3,(H,17,18). The zero-order valence-corrected chi connectivity index (χ0v) is 10.1. The summed E-state index contributed by atoms with van der Waals surface area (Å²) < 4.78 is 27.1. The lowest BCUT2D eigenvalue weighted by atomic mass is 9.89. The van der Waals surface area contributed by atoms with Crippen LogP contribution in [0.3, 0.4) is 0 Å². The van der Waals surface area contributed by atoms with Gasteiger partial charge in [0.25, 0.3) is 0 Å². The number of benzene rings is 1. The van der Waals surface area contributed by atoms with Crippen LogP contribution in [0.2, 0.25) is 0 Å². The average Bonchev–Trinajstić information content (AvgIpc) is 2.85. The zero-order valence-electron chi connectivity index (χ0n) is 10.1. The van der Waals surface area contributed by atoms with Gasteiger partial charge < -0.3 is 5.11 Å². The van der Waals surface area contributed by atoms with Crippen molar-refractivity contribution < 1.29 is 18.7 Å². The van der Waals surface area contributed by atoms with Crippen molar-refractivity contribution in [1.29, 1.82) is 0 Å². The summed E-state index contributed by atoms with van der Waals surface area (Å²) in [4.78, 5) is 13.2. The number of halogens is 2. The molecule has 0 bridgehead atoms. The second kappa shape index (κ2) is 4.65. The van der Waals surface area contributed by atoms with Gasteiger partial charge in [-0.2, -0.15) is 0 Å². The van der Waals surface area contributed by atoms with Crippen molar-refractivity contribution in [2.75, 3.05) is 13.1 Å². The Bertz CT molecular complexity index is 472. The van der Waals surface area contributed by atoms with Crippen LogP contribution in [0, 0.1) is 11.6 Å². The van der Waals surface area contributed by atoms with E-state index in [1.807, 2.05) is 0 Å². The van der Waals surface area contributed by atoms with Crippen LogP contribution in [0.5, 0.6) is 0 Å². The van der Waals surface area contributed by atoms with E-state index in [1.54, 1.807) is 4.90 Å². The van der Waals surface area contributed by atoms with Crippen molar-refractivity contribution in [3.8, 4) is 0 Å². The number of hydrogen-bond donors (Lipinski definition) is 1. The summed E-state index contributed by atoms with van der Waals surface area (Å²) in [5.74, 6) is -3.25. The second-order valence-corrected chi connectivity index (χ2v) is 4.67. The molecule has 18 heavy (non-hydrogen) atoms. The Kier molecular flexibility index (Phi) is 3.34. The topological polar surface area (TPSA) is 40.5 Å². The summed E-state index contributed by atoms with van der Waals surface area (Å²) in [6.07, 6.45) is 1.75. The maximum absolute atomic E-state index is 13.8. The number of carbonyl (C=O) groups is 1. The minimum atomic E-state index is -1.51. The van der Waals surface area contributed by atoms with Gasteiger partial charge in [0.05, 0.1) is 0 Å². The van der Waals surface area contributed by atoms with E-state index >= 15 is 0 Å². The first-order valence-electron chi connectivity index (χ1n) is 5.91. The molecule has 1 unspecified atom stereocenters. The Morgan fingerprint density at radius 3 is 2.50 bits per heavy atom. The number of carboxylic acid groups (broad SMARTS) is 1. The van der Waals surface area contributed by atoms with E-state index in [4.69, 9.17) is 0 Å². The van der Waals surface area contributed by atoms with Gasteiger partial charge in [0.15, 0.2) is 11.6 Å². The van der Waals surface area contributed by atoms with Crippen LogP contribution in [-0.2, 0) is 10.3 Å². The van der Waals surface area contributed by atoms with Crippen molar-refractivity contribution in [2.24, 2.45) is 0 Å². The van der Waals surface area contributed by atoms with Gasteiger partial charge in [-0.05, 0) is 38.9 Å². The lowest BCUT2D eigenvalue weighted by Gasteiger charge is -2.35. The summed E-state index contributed by atoms with van der Waals surface area (Å²) >= 11 is 0. The summed E-state index contributed by atoms with van der Waals surface area (Å²) in [6.45, 7) is 2.59. The Hall–Kier alpha value is -1.49. The molecule has 98 valence electrons. The minimum Gasteiger partial charge on any atom is -0.480 e. The maximum Gasteiger partial charge on any atom is 0.328 e. The first-order chi connectivity index (χ1) is 8.48. The molecule has 0 aliphatic carbocycles. The van der Waals surface area contributed by atoms with Crippen molar-refractivity contribution in [1.82, 2.24) is 4.90 Å². The third kappa shape index (κ3) is 1.88. The van der Waals surface area contributed by atoms with Gasteiger partial charge in [-0.1, -0.05) is 12.1 Å². The second-order valence-electron chi connectivity index (χ2n) is 4.67. The molecule has 1 saturated heterocycles. The molecular formula is C13H15F2NO2. The summed E-state index contributed by atoms with van der Waals surface area (Å²) in [7, 11) is 0. The van der Waals surface area contributed by atoms with Crippen LogP contribution in [-0.4, -0.2) is 29.1 Å². The molecule has 0 spiro atoms. The molecule has 1 aromatic rings. The predicted octanol–water partition coefficient (Wildman–Crippen LogP) is 2.36. The molecule has 1 fully saturated rings. The lowest BCUT2D eigenvalue weighted by Crippen LogP contribution is -2.49. The van der Waals surface area contributed by atoms with Crippen LogP contribution >= 0.6 is 0 Å². The largest absolute Gasteiger partial charge is 0.480 e. The third-order valence-electron chi connectivity index (χ3n) is 3.63. The van der Waals surface area contributed by atoms with E-state index in [-0.39, 0.29) is 5.56 Å². The molecule has 2 rings (SSSR count). The Labute approximate surface area is 104 Å². The van der Waals surface area contributed by atoms with Crippen molar-refractivity contribution in [2.45, 2.75) is 25.3 Å². The molecule has 1 aromatic carbocycles. The lowest BCUT2D eigenvalue weighted by molar-refractivity contribution is -0.150. The smallest absolute Gasteiger partial charge is 0.328 e. The molecular weight excluding hydrogens is 240 g/mol. The highest BCUT2D eigenvalue weighted by atomic mass is 19.2. The maximum atomic E-state index is 13.8. The zero-order chi connectivity index (χ0) is 13.3. The Morgan fingerprint density at radius 2 is 1.94 bits per heavy atom. The fourth-order valence-electron chi connectivity index (χ4n) is 2.46.